The first-order valence-electron chi connectivity index (χ1n) is 7.16. The first-order chi connectivity index (χ1) is 11.9. The first-order valence-corrected chi connectivity index (χ1v) is 7.53. The second kappa shape index (κ2) is 6.98. The van der Waals surface area contributed by atoms with Crippen LogP contribution in [0.15, 0.2) is 48.8 Å². The molecule has 0 spiro atoms. The lowest BCUT2D eigenvalue weighted by molar-refractivity contribution is 0.101. The lowest BCUT2D eigenvalue weighted by Gasteiger charge is -2.05. The molecule has 0 unspecified atom stereocenters. The summed E-state index contributed by atoms with van der Waals surface area (Å²) in [6.45, 7) is 0.104. The molecule has 25 heavy (non-hydrogen) atoms. The molecule has 0 saturated carbocycles. The third-order valence-electron chi connectivity index (χ3n) is 3.43. The van der Waals surface area contributed by atoms with Gasteiger partial charge in [0.1, 0.15) is 23.0 Å². The molecule has 0 bridgehead atoms. The van der Waals surface area contributed by atoms with Crippen molar-refractivity contribution in [2.75, 3.05) is 5.32 Å². The van der Waals surface area contributed by atoms with E-state index in [9.17, 15) is 18.0 Å². The van der Waals surface area contributed by atoms with Crippen LogP contribution in [0.2, 0.25) is 5.02 Å². The molecule has 128 valence electrons. The molecule has 1 heterocycles. The number of amides is 1. The number of nitrogens with zero attached hydrogens (tertiary/aromatic N) is 2. The molecule has 0 atom stereocenters. The minimum absolute atomic E-state index is 0.104. The topological polar surface area (TPSA) is 46.9 Å². The van der Waals surface area contributed by atoms with Crippen molar-refractivity contribution in [3.8, 4) is 0 Å². The van der Waals surface area contributed by atoms with E-state index in [-0.39, 0.29) is 17.3 Å². The molecule has 0 fully saturated rings. The predicted molar refractivity (Wildman–Crippen MR) is 87.1 cm³/mol. The predicted octanol–water partition coefficient (Wildman–Crippen LogP) is 4.25. The molecule has 0 aliphatic rings. The second-order valence-electron chi connectivity index (χ2n) is 5.21. The number of rotatable bonds is 4. The van der Waals surface area contributed by atoms with E-state index in [0.717, 1.165) is 12.1 Å². The Kier molecular flexibility index (Phi) is 4.76. The van der Waals surface area contributed by atoms with Crippen molar-refractivity contribution < 1.29 is 18.0 Å². The fourth-order valence-electron chi connectivity index (χ4n) is 2.25. The van der Waals surface area contributed by atoms with Crippen LogP contribution in [0.1, 0.15) is 15.9 Å². The molecule has 0 radical (unpaired) electrons. The van der Waals surface area contributed by atoms with E-state index < -0.39 is 28.9 Å². The van der Waals surface area contributed by atoms with Crippen LogP contribution in [-0.2, 0) is 6.54 Å². The van der Waals surface area contributed by atoms with E-state index in [1.165, 1.54) is 35.3 Å². The maximum absolute atomic E-state index is 13.8. The summed E-state index contributed by atoms with van der Waals surface area (Å²) in [5, 5.41) is 6.61. The molecule has 1 N–H and O–H groups in total. The van der Waals surface area contributed by atoms with Crippen LogP contribution >= 0.6 is 11.6 Å². The lowest BCUT2D eigenvalue weighted by atomic mass is 10.2. The third-order valence-corrected chi connectivity index (χ3v) is 3.66. The number of anilines is 1. The van der Waals surface area contributed by atoms with Gasteiger partial charge in [0.25, 0.3) is 5.91 Å². The minimum atomic E-state index is -0.965. The summed E-state index contributed by atoms with van der Waals surface area (Å²) in [7, 11) is 0. The number of hydrogen-bond acceptors (Lipinski definition) is 2. The first kappa shape index (κ1) is 17.0. The van der Waals surface area contributed by atoms with Crippen LogP contribution in [0.25, 0.3) is 0 Å². The van der Waals surface area contributed by atoms with E-state index in [0.29, 0.717) is 5.56 Å². The Morgan fingerprint density at radius 1 is 1.12 bits per heavy atom. The Labute approximate surface area is 145 Å². The average Bonchev–Trinajstić information content (AvgIpc) is 2.97. The fourth-order valence-corrected chi connectivity index (χ4v) is 2.41. The molecule has 3 aromatic rings. The van der Waals surface area contributed by atoms with Gasteiger partial charge in [0.05, 0.1) is 18.4 Å². The van der Waals surface area contributed by atoms with Crippen molar-refractivity contribution in [2.24, 2.45) is 0 Å². The van der Waals surface area contributed by atoms with Gasteiger partial charge in [-0.3, -0.25) is 9.48 Å². The highest BCUT2D eigenvalue weighted by molar-refractivity contribution is 6.30. The van der Waals surface area contributed by atoms with Crippen LogP contribution < -0.4 is 5.32 Å². The van der Waals surface area contributed by atoms with Crippen molar-refractivity contribution in [3.63, 3.8) is 0 Å². The van der Waals surface area contributed by atoms with Gasteiger partial charge in [0.2, 0.25) is 0 Å². The summed E-state index contributed by atoms with van der Waals surface area (Å²) in [6, 6.07) is 7.40. The van der Waals surface area contributed by atoms with Crippen molar-refractivity contribution in [3.05, 3.63) is 82.4 Å². The van der Waals surface area contributed by atoms with Gasteiger partial charge >= 0.3 is 0 Å². The van der Waals surface area contributed by atoms with Crippen molar-refractivity contribution >= 4 is 23.2 Å². The molecule has 0 aliphatic carbocycles. The van der Waals surface area contributed by atoms with Gasteiger partial charge in [-0.15, -0.1) is 0 Å². The highest BCUT2D eigenvalue weighted by Gasteiger charge is 2.17. The molecule has 1 amide bonds. The van der Waals surface area contributed by atoms with Crippen LogP contribution in [0, 0.1) is 17.5 Å². The number of benzene rings is 2. The van der Waals surface area contributed by atoms with Crippen molar-refractivity contribution in [2.45, 2.75) is 6.54 Å². The van der Waals surface area contributed by atoms with Crippen LogP contribution in [0.4, 0.5) is 18.9 Å². The molecule has 0 saturated heterocycles. The van der Waals surface area contributed by atoms with Crippen LogP contribution in [-0.4, -0.2) is 15.7 Å². The van der Waals surface area contributed by atoms with E-state index >= 15 is 0 Å². The van der Waals surface area contributed by atoms with Gasteiger partial charge in [-0.05, 0) is 24.3 Å². The van der Waals surface area contributed by atoms with E-state index in [1.54, 1.807) is 6.07 Å². The lowest BCUT2D eigenvalue weighted by Crippen LogP contribution is -2.15. The third kappa shape index (κ3) is 3.83. The van der Waals surface area contributed by atoms with Gasteiger partial charge < -0.3 is 5.32 Å². The average molecular weight is 366 g/mol. The second-order valence-corrected chi connectivity index (χ2v) is 5.65. The summed E-state index contributed by atoms with van der Waals surface area (Å²) in [5.41, 5.74) is -0.105. The number of aromatic nitrogens is 2. The Bertz CT molecular complexity index is 922. The standard InChI is InChI=1S/C17H11ClF3N3O/c18-11-5-4-10(15(21)6-11)8-24-9-12(7-22-24)23-17(25)16-13(19)2-1-3-14(16)20/h1-7,9H,8H2,(H,23,25). The zero-order chi connectivity index (χ0) is 18.0. The number of hydrogen-bond donors (Lipinski definition) is 1. The van der Waals surface area contributed by atoms with E-state index in [4.69, 9.17) is 11.6 Å². The number of carbonyl (C=O) groups excluding carboxylic acids is 1. The van der Waals surface area contributed by atoms with Crippen LogP contribution in [0.5, 0.6) is 0 Å². The maximum Gasteiger partial charge on any atom is 0.261 e. The van der Waals surface area contributed by atoms with Gasteiger partial charge in [-0.1, -0.05) is 23.7 Å². The van der Waals surface area contributed by atoms with Gasteiger partial charge in [-0.25, -0.2) is 13.2 Å². The summed E-state index contributed by atoms with van der Waals surface area (Å²) in [5.74, 6) is -3.35. The zero-order valence-corrected chi connectivity index (χ0v) is 13.4. The summed E-state index contributed by atoms with van der Waals surface area (Å²) in [4.78, 5) is 12.0. The van der Waals surface area contributed by atoms with Gasteiger partial charge in [0.15, 0.2) is 0 Å². The molecule has 2 aromatic carbocycles. The number of halogens is 4. The zero-order valence-electron chi connectivity index (χ0n) is 12.6. The van der Waals surface area contributed by atoms with Gasteiger partial charge in [-0.2, -0.15) is 5.10 Å². The normalized spacial score (nSPS) is 10.7. The quantitative estimate of drug-likeness (QED) is 0.751. The molecule has 1 aromatic heterocycles. The minimum Gasteiger partial charge on any atom is -0.319 e. The molecule has 3 rings (SSSR count). The van der Waals surface area contributed by atoms with Gasteiger partial charge in [0, 0.05) is 16.8 Å². The Morgan fingerprint density at radius 3 is 2.52 bits per heavy atom. The highest BCUT2D eigenvalue weighted by atomic mass is 35.5. The van der Waals surface area contributed by atoms with Crippen LogP contribution in [0.3, 0.4) is 0 Å². The summed E-state index contributed by atoms with van der Waals surface area (Å²) >= 11 is 5.69. The van der Waals surface area contributed by atoms with Crippen molar-refractivity contribution in [1.29, 1.82) is 0 Å². The maximum atomic E-state index is 13.8. The number of nitrogens with one attached hydrogen (secondary N) is 1. The van der Waals surface area contributed by atoms with Crippen molar-refractivity contribution in [1.82, 2.24) is 9.78 Å². The highest BCUT2D eigenvalue weighted by Crippen LogP contribution is 2.17. The fraction of sp³-hybridized carbons (Fsp3) is 0.0588. The Morgan fingerprint density at radius 2 is 1.84 bits per heavy atom. The molecular weight excluding hydrogens is 355 g/mol. The summed E-state index contributed by atoms with van der Waals surface area (Å²) in [6.07, 6.45) is 2.72. The van der Waals surface area contributed by atoms with E-state index in [1.807, 2.05) is 0 Å². The largest absolute Gasteiger partial charge is 0.319 e. The smallest absolute Gasteiger partial charge is 0.261 e. The molecule has 8 heteroatoms. The molecular formula is C17H11ClF3N3O. The molecule has 0 aliphatic heterocycles. The summed E-state index contributed by atoms with van der Waals surface area (Å²) < 4.78 is 42.4. The monoisotopic (exact) mass is 365 g/mol. The Hall–Kier alpha value is -2.80. The van der Waals surface area contributed by atoms with E-state index in [2.05, 4.69) is 10.4 Å². The molecule has 4 nitrogen and oxygen atoms in total. The Balaban J connectivity index is 1.74. The number of carbonyl (C=O) groups is 1. The SMILES string of the molecule is O=C(Nc1cnn(Cc2ccc(Cl)cc2F)c1)c1c(F)cccc1F.